The van der Waals surface area contributed by atoms with E-state index in [1.807, 2.05) is 6.20 Å². The molecule has 1 atom stereocenters. The molecule has 20 heavy (non-hydrogen) atoms. The average molecular weight is 278 g/mol. The van der Waals surface area contributed by atoms with Gasteiger partial charge in [0, 0.05) is 25.8 Å². The van der Waals surface area contributed by atoms with Gasteiger partial charge in [0.25, 0.3) is 0 Å². The number of hydrogen-bond donors (Lipinski definition) is 1. The largest absolute Gasteiger partial charge is 0.359 e. The topological polar surface area (TPSA) is 45.4 Å². The van der Waals surface area contributed by atoms with Gasteiger partial charge in [0.05, 0.1) is 0 Å². The van der Waals surface area contributed by atoms with E-state index in [1.54, 1.807) is 0 Å². The van der Waals surface area contributed by atoms with Gasteiger partial charge in [-0.25, -0.2) is 4.98 Å². The molecule has 0 aliphatic carbocycles. The second-order valence-corrected chi connectivity index (χ2v) is 5.93. The molecule has 1 rings (SSSR count). The minimum Gasteiger partial charge on any atom is -0.359 e. The van der Waals surface area contributed by atoms with Gasteiger partial charge >= 0.3 is 0 Å². The lowest BCUT2D eigenvalue weighted by molar-refractivity contribution is 0.401. The van der Waals surface area contributed by atoms with Crippen molar-refractivity contribution in [3.63, 3.8) is 0 Å². The van der Waals surface area contributed by atoms with Crippen LogP contribution in [0.3, 0.4) is 0 Å². The van der Waals surface area contributed by atoms with Crippen molar-refractivity contribution in [3.8, 4) is 0 Å². The number of aryl methyl sites for hydroxylation is 1. The molecule has 0 fully saturated rings. The number of pyridine rings is 1. The number of anilines is 1. The third-order valence-corrected chi connectivity index (χ3v) is 3.59. The highest BCUT2D eigenvalue weighted by Gasteiger charge is 2.09. The second kappa shape index (κ2) is 8.22. The van der Waals surface area contributed by atoms with Crippen molar-refractivity contribution < 1.29 is 0 Å². The van der Waals surface area contributed by atoms with Crippen LogP contribution in [0.4, 0.5) is 5.82 Å². The van der Waals surface area contributed by atoms with Crippen LogP contribution in [0.25, 0.3) is 0 Å². The first kappa shape index (κ1) is 16.9. The van der Waals surface area contributed by atoms with Crippen LogP contribution in [0, 0.1) is 6.92 Å². The van der Waals surface area contributed by atoms with Crippen molar-refractivity contribution in [2.75, 3.05) is 39.1 Å². The fourth-order valence-electron chi connectivity index (χ4n) is 2.31. The average Bonchev–Trinajstić information content (AvgIpc) is 2.38. The van der Waals surface area contributed by atoms with Gasteiger partial charge in [-0.3, -0.25) is 0 Å². The van der Waals surface area contributed by atoms with Crippen LogP contribution in [-0.4, -0.2) is 50.2 Å². The van der Waals surface area contributed by atoms with E-state index in [-0.39, 0.29) is 6.04 Å². The van der Waals surface area contributed by atoms with E-state index in [0.717, 1.165) is 38.2 Å². The summed E-state index contributed by atoms with van der Waals surface area (Å²) in [5.41, 5.74) is 8.48. The van der Waals surface area contributed by atoms with Gasteiger partial charge in [-0.2, -0.15) is 0 Å². The molecule has 1 aromatic heterocycles. The zero-order valence-electron chi connectivity index (χ0n) is 13.7. The summed E-state index contributed by atoms with van der Waals surface area (Å²) >= 11 is 0. The Hall–Kier alpha value is -1.13. The normalized spacial score (nSPS) is 12.8. The smallest absolute Gasteiger partial charge is 0.131 e. The fourth-order valence-corrected chi connectivity index (χ4v) is 2.31. The molecule has 0 amide bonds. The van der Waals surface area contributed by atoms with Crippen molar-refractivity contribution in [1.82, 2.24) is 9.88 Å². The van der Waals surface area contributed by atoms with Gasteiger partial charge in [0.2, 0.25) is 0 Å². The lowest BCUT2D eigenvalue weighted by Gasteiger charge is -2.22. The van der Waals surface area contributed by atoms with Gasteiger partial charge in [-0.05, 0) is 58.0 Å². The molecule has 1 unspecified atom stereocenters. The Morgan fingerprint density at radius 1 is 1.25 bits per heavy atom. The first-order valence-electron chi connectivity index (χ1n) is 7.51. The van der Waals surface area contributed by atoms with Crippen LogP contribution in [0.2, 0.25) is 0 Å². The zero-order chi connectivity index (χ0) is 15.1. The van der Waals surface area contributed by atoms with Crippen molar-refractivity contribution in [2.24, 2.45) is 5.73 Å². The van der Waals surface area contributed by atoms with Gasteiger partial charge in [-0.1, -0.05) is 13.0 Å². The number of nitrogens with zero attached hydrogens (tertiary/aromatic N) is 3. The van der Waals surface area contributed by atoms with Gasteiger partial charge < -0.3 is 15.5 Å². The molecule has 4 nitrogen and oxygen atoms in total. The van der Waals surface area contributed by atoms with Crippen molar-refractivity contribution in [2.45, 2.75) is 39.2 Å². The summed E-state index contributed by atoms with van der Waals surface area (Å²) in [6.45, 7) is 6.39. The van der Waals surface area contributed by atoms with Gasteiger partial charge in [0.15, 0.2) is 0 Å². The molecule has 0 spiro atoms. The maximum absolute atomic E-state index is 6.00. The van der Waals surface area contributed by atoms with Crippen molar-refractivity contribution in [3.05, 3.63) is 23.4 Å². The minimum atomic E-state index is 0.236. The predicted molar refractivity (Wildman–Crippen MR) is 87.4 cm³/mol. The molecule has 0 aromatic carbocycles. The molecule has 0 saturated heterocycles. The summed E-state index contributed by atoms with van der Waals surface area (Å²) in [4.78, 5) is 9.07. The molecule has 0 radical (unpaired) electrons. The Bertz CT molecular complexity index is 403. The Balaban J connectivity index is 2.62. The number of rotatable bonds is 8. The maximum Gasteiger partial charge on any atom is 0.131 e. The van der Waals surface area contributed by atoms with Gasteiger partial charge in [-0.15, -0.1) is 0 Å². The molecule has 0 aliphatic heterocycles. The summed E-state index contributed by atoms with van der Waals surface area (Å²) in [6, 6.07) is 2.46. The SMILES string of the molecule is CCC(N)Cc1cnc(N(C)CCCN(C)C)c(C)c1. The number of aromatic nitrogens is 1. The Labute approximate surface area is 124 Å². The Morgan fingerprint density at radius 3 is 2.50 bits per heavy atom. The van der Waals surface area contributed by atoms with E-state index in [9.17, 15) is 0 Å². The van der Waals surface area contributed by atoms with E-state index in [0.29, 0.717) is 0 Å². The quantitative estimate of drug-likeness (QED) is 0.790. The molecular weight excluding hydrogens is 248 g/mol. The molecule has 0 bridgehead atoms. The molecule has 1 aromatic rings. The summed E-state index contributed by atoms with van der Waals surface area (Å²) < 4.78 is 0. The van der Waals surface area contributed by atoms with Crippen molar-refractivity contribution >= 4 is 5.82 Å². The summed E-state index contributed by atoms with van der Waals surface area (Å²) in [6.07, 6.45) is 5.04. The van der Waals surface area contributed by atoms with Crippen LogP contribution >= 0.6 is 0 Å². The molecule has 0 aliphatic rings. The zero-order valence-corrected chi connectivity index (χ0v) is 13.7. The summed E-state index contributed by atoms with van der Waals surface area (Å²) in [7, 11) is 6.33. The van der Waals surface area contributed by atoms with E-state index >= 15 is 0 Å². The third kappa shape index (κ3) is 5.47. The van der Waals surface area contributed by atoms with Crippen molar-refractivity contribution in [1.29, 1.82) is 0 Å². The second-order valence-electron chi connectivity index (χ2n) is 5.93. The van der Waals surface area contributed by atoms with Crippen LogP contribution in [0.1, 0.15) is 30.9 Å². The highest BCUT2D eigenvalue weighted by molar-refractivity contribution is 5.46. The lowest BCUT2D eigenvalue weighted by atomic mass is 10.0. The molecule has 4 heteroatoms. The molecule has 114 valence electrons. The van der Waals surface area contributed by atoms with Gasteiger partial charge in [0.1, 0.15) is 5.82 Å². The molecular formula is C16H30N4. The monoisotopic (exact) mass is 278 g/mol. The molecule has 0 saturated carbocycles. The lowest BCUT2D eigenvalue weighted by Crippen LogP contribution is -2.25. The fraction of sp³-hybridized carbons (Fsp3) is 0.688. The third-order valence-electron chi connectivity index (χ3n) is 3.59. The van der Waals surface area contributed by atoms with Crippen LogP contribution in [0.5, 0.6) is 0 Å². The highest BCUT2D eigenvalue weighted by Crippen LogP contribution is 2.18. The molecule has 1 heterocycles. The molecule has 2 N–H and O–H groups in total. The van der Waals surface area contributed by atoms with Crippen LogP contribution in [-0.2, 0) is 6.42 Å². The Morgan fingerprint density at radius 2 is 1.95 bits per heavy atom. The van der Waals surface area contributed by atoms with E-state index in [4.69, 9.17) is 5.73 Å². The predicted octanol–water partition coefficient (Wildman–Crippen LogP) is 2.06. The first-order valence-corrected chi connectivity index (χ1v) is 7.51. The Kier molecular flexibility index (Phi) is 6.96. The van der Waals surface area contributed by atoms with Crippen LogP contribution < -0.4 is 10.6 Å². The van der Waals surface area contributed by atoms with E-state index in [2.05, 4.69) is 55.8 Å². The van der Waals surface area contributed by atoms with E-state index < -0.39 is 0 Å². The summed E-state index contributed by atoms with van der Waals surface area (Å²) in [5, 5.41) is 0. The maximum atomic E-state index is 6.00. The first-order chi connectivity index (χ1) is 9.43. The number of nitrogens with two attached hydrogens (primary N) is 1. The highest BCUT2D eigenvalue weighted by atomic mass is 15.2. The van der Waals surface area contributed by atoms with E-state index in [1.165, 1.54) is 11.1 Å². The number of hydrogen-bond acceptors (Lipinski definition) is 4. The summed E-state index contributed by atoms with van der Waals surface area (Å²) in [5.74, 6) is 1.08. The standard InChI is InChI=1S/C16H30N4/c1-6-15(17)11-14-10-13(2)16(18-12-14)20(5)9-7-8-19(3)4/h10,12,15H,6-9,11,17H2,1-5H3. The minimum absolute atomic E-state index is 0.236. The van der Waals surface area contributed by atoms with Crippen LogP contribution in [0.15, 0.2) is 12.3 Å².